The number of rotatable bonds is 8. The Hall–Kier alpha value is -2.92. The number of hydrogen-bond donors (Lipinski definition) is 0. The molecule has 3 aromatic rings. The Kier molecular flexibility index (Phi) is 6.98. The number of benzene rings is 2. The summed E-state index contributed by atoms with van der Waals surface area (Å²) >= 11 is 1.62. The molecule has 0 saturated carbocycles. The van der Waals surface area contributed by atoms with Crippen molar-refractivity contribution in [2.75, 3.05) is 6.61 Å². The third-order valence-electron chi connectivity index (χ3n) is 4.06. The van der Waals surface area contributed by atoms with Gasteiger partial charge in [0.1, 0.15) is 5.75 Å². The summed E-state index contributed by atoms with van der Waals surface area (Å²) in [5, 5.41) is 3.06. The van der Waals surface area contributed by atoms with Crippen LogP contribution in [0, 0.1) is 6.92 Å². The lowest BCUT2D eigenvalue weighted by Gasteiger charge is -2.16. The second kappa shape index (κ2) is 9.85. The first kappa shape index (κ1) is 19.8. The van der Waals surface area contributed by atoms with Crippen LogP contribution >= 0.6 is 11.3 Å². The number of aromatic nitrogens is 1. The smallest absolute Gasteiger partial charge is 0.347 e. The summed E-state index contributed by atoms with van der Waals surface area (Å²) in [7, 11) is 0. The van der Waals surface area contributed by atoms with E-state index in [1.165, 1.54) is 0 Å². The Bertz CT molecular complexity index is 917. The van der Waals surface area contributed by atoms with E-state index in [1.807, 2.05) is 79.1 Å². The van der Waals surface area contributed by atoms with Crippen LogP contribution in [0.2, 0.25) is 0 Å². The second-order valence-corrected chi connectivity index (χ2v) is 7.25. The summed E-state index contributed by atoms with van der Waals surface area (Å²) in [5.74, 6) is 0.265. The number of thiazole rings is 1. The number of hydrogen-bond acceptors (Lipinski definition) is 5. The lowest BCUT2D eigenvalue weighted by Crippen LogP contribution is -2.29. The van der Waals surface area contributed by atoms with Crippen LogP contribution in [0.4, 0.5) is 0 Å². The standard InChI is InChI=1S/C23H23NO3S/c1-3-26-23(25)22(11-7-10-18-8-5-4-6-9-18)27-20-14-12-19(13-15-20)21-16-28-17(2)24-21/h4-10,12-16,22H,3,11H2,1-2H3. The zero-order valence-electron chi connectivity index (χ0n) is 16.0. The highest BCUT2D eigenvalue weighted by molar-refractivity contribution is 7.09. The maximum Gasteiger partial charge on any atom is 0.347 e. The molecule has 4 nitrogen and oxygen atoms in total. The molecule has 0 radical (unpaired) electrons. The van der Waals surface area contributed by atoms with Crippen molar-refractivity contribution < 1.29 is 14.3 Å². The molecule has 1 heterocycles. The average Bonchev–Trinajstić information content (AvgIpc) is 3.15. The molecule has 3 rings (SSSR count). The van der Waals surface area contributed by atoms with E-state index < -0.39 is 6.10 Å². The van der Waals surface area contributed by atoms with Gasteiger partial charge in [0.25, 0.3) is 0 Å². The third kappa shape index (κ3) is 5.54. The number of aryl methyl sites for hydroxylation is 1. The summed E-state index contributed by atoms with van der Waals surface area (Å²) in [6, 6.07) is 17.6. The van der Waals surface area contributed by atoms with Gasteiger partial charge in [-0.15, -0.1) is 11.3 Å². The van der Waals surface area contributed by atoms with Crippen molar-refractivity contribution in [3.8, 4) is 17.0 Å². The lowest BCUT2D eigenvalue weighted by molar-refractivity contribution is -0.151. The van der Waals surface area contributed by atoms with Crippen LogP contribution in [-0.4, -0.2) is 23.7 Å². The van der Waals surface area contributed by atoms with Gasteiger partial charge in [-0.25, -0.2) is 9.78 Å². The Morgan fingerprint density at radius 2 is 1.89 bits per heavy atom. The molecule has 0 aliphatic carbocycles. The third-order valence-corrected chi connectivity index (χ3v) is 4.83. The SMILES string of the molecule is CCOC(=O)C(CC=Cc1ccccc1)Oc1ccc(-c2csc(C)n2)cc1. The molecule has 0 aliphatic rings. The van der Waals surface area contributed by atoms with E-state index in [9.17, 15) is 4.79 Å². The molecule has 0 saturated heterocycles. The lowest BCUT2D eigenvalue weighted by atomic mass is 10.1. The van der Waals surface area contributed by atoms with Crippen LogP contribution in [0.3, 0.4) is 0 Å². The van der Waals surface area contributed by atoms with Gasteiger partial charge >= 0.3 is 5.97 Å². The van der Waals surface area contributed by atoms with E-state index >= 15 is 0 Å². The molecule has 0 spiro atoms. The summed E-state index contributed by atoms with van der Waals surface area (Å²) in [4.78, 5) is 16.8. The van der Waals surface area contributed by atoms with Gasteiger partial charge in [-0.2, -0.15) is 0 Å². The van der Waals surface area contributed by atoms with Gasteiger partial charge in [-0.3, -0.25) is 0 Å². The van der Waals surface area contributed by atoms with Crippen molar-refractivity contribution in [2.24, 2.45) is 0 Å². The Labute approximate surface area is 169 Å². The van der Waals surface area contributed by atoms with Crippen molar-refractivity contribution in [1.29, 1.82) is 0 Å². The Balaban J connectivity index is 1.68. The molecule has 0 bridgehead atoms. The van der Waals surface area contributed by atoms with Crippen molar-refractivity contribution >= 4 is 23.4 Å². The number of carbonyl (C=O) groups excluding carboxylic acids is 1. The van der Waals surface area contributed by atoms with Gasteiger partial charge < -0.3 is 9.47 Å². The van der Waals surface area contributed by atoms with Gasteiger partial charge in [0.2, 0.25) is 0 Å². The maximum atomic E-state index is 12.3. The second-order valence-electron chi connectivity index (χ2n) is 6.18. The molecule has 2 aromatic carbocycles. The predicted octanol–water partition coefficient (Wildman–Crippen LogP) is 5.53. The van der Waals surface area contributed by atoms with Crippen molar-refractivity contribution in [3.05, 3.63) is 76.6 Å². The number of ether oxygens (including phenoxy) is 2. The first-order valence-corrected chi connectivity index (χ1v) is 10.1. The van der Waals surface area contributed by atoms with Crippen molar-refractivity contribution in [1.82, 2.24) is 4.98 Å². The van der Waals surface area contributed by atoms with E-state index in [2.05, 4.69) is 4.98 Å². The molecule has 28 heavy (non-hydrogen) atoms. The highest BCUT2D eigenvalue weighted by Gasteiger charge is 2.20. The van der Waals surface area contributed by atoms with Crippen LogP contribution in [0.1, 0.15) is 23.9 Å². The minimum Gasteiger partial charge on any atom is -0.478 e. The van der Waals surface area contributed by atoms with E-state index in [-0.39, 0.29) is 5.97 Å². The van der Waals surface area contributed by atoms with Crippen LogP contribution in [0.15, 0.2) is 66.1 Å². The molecule has 0 fully saturated rings. The first-order valence-electron chi connectivity index (χ1n) is 9.23. The molecule has 1 atom stereocenters. The Morgan fingerprint density at radius 3 is 2.54 bits per heavy atom. The fourth-order valence-electron chi connectivity index (χ4n) is 2.68. The van der Waals surface area contributed by atoms with Gasteiger partial charge in [0.05, 0.1) is 17.3 Å². The zero-order chi connectivity index (χ0) is 19.8. The van der Waals surface area contributed by atoms with E-state index in [4.69, 9.17) is 9.47 Å². The molecule has 5 heteroatoms. The van der Waals surface area contributed by atoms with Crippen molar-refractivity contribution in [3.63, 3.8) is 0 Å². The van der Waals surface area contributed by atoms with Crippen LogP contribution in [0.5, 0.6) is 5.75 Å². The normalized spacial score (nSPS) is 12.1. The fourth-order valence-corrected chi connectivity index (χ4v) is 3.31. The summed E-state index contributed by atoms with van der Waals surface area (Å²) in [5.41, 5.74) is 3.04. The molecule has 1 unspecified atom stereocenters. The largest absolute Gasteiger partial charge is 0.478 e. The monoisotopic (exact) mass is 393 g/mol. The summed E-state index contributed by atoms with van der Waals surface area (Å²) < 4.78 is 11.1. The quantitative estimate of drug-likeness (QED) is 0.472. The first-order chi connectivity index (χ1) is 13.7. The molecular weight excluding hydrogens is 370 g/mol. The summed E-state index contributed by atoms with van der Waals surface area (Å²) in [6.45, 7) is 4.10. The predicted molar refractivity (Wildman–Crippen MR) is 113 cm³/mol. The fraction of sp³-hybridized carbons (Fsp3) is 0.217. The zero-order valence-corrected chi connectivity index (χ0v) is 16.8. The highest BCUT2D eigenvalue weighted by atomic mass is 32.1. The maximum absolute atomic E-state index is 12.3. The molecule has 0 aliphatic heterocycles. The molecule has 144 valence electrons. The minimum absolute atomic E-state index is 0.323. The highest BCUT2D eigenvalue weighted by Crippen LogP contribution is 2.24. The van der Waals surface area contributed by atoms with Crippen LogP contribution < -0.4 is 4.74 Å². The van der Waals surface area contributed by atoms with Gasteiger partial charge in [0.15, 0.2) is 6.10 Å². The van der Waals surface area contributed by atoms with Crippen molar-refractivity contribution in [2.45, 2.75) is 26.4 Å². The van der Waals surface area contributed by atoms with Gasteiger partial charge in [-0.05, 0) is 43.7 Å². The van der Waals surface area contributed by atoms with E-state index in [0.29, 0.717) is 18.8 Å². The molecule has 0 amide bonds. The molecule has 0 N–H and O–H groups in total. The number of esters is 1. The summed E-state index contributed by atoms with van der Waals surface area (Å²) in [6.07, 6.45) is 3.65. The van der Waals surface area contributed by atoms with Gasteiger partial charge in [-0.1, -0.05) is 42.5 Å². The molecular formula is C23H23NO3S. The Morgan fingerprint density at radius 1 is 1.14 bits per heavy atom. The minimum atomic E-state index is -0.688. The number of nitrogens with zero attached hydrogens (tertiary/aromatic N) is 1. The van der Waals surface area contributed by atoms with Crippen LogP contribution in [-0.2, 0) is 9.53 Å². The van der Waals surface area contributed by atoms with Crippen LogP contribution in [0.25, 0.3) is 17.3 Å². The van der Waals surface area contributed by atoms with E-state index in [0.717, 1.165) is 21.8 Å². The average molecular weight is 394 g/mol. The van der Waals surface area contributed by atoms with Gasteiger partial charge in [0, 0.05) is 17.4 Å². The number of carbonyl (C=O) groups is 1. The van der Waals surface area contributed by atoms with E-state index in [1.54, 1.807) is 18.3 Å². The molecule has 1 aromatic heterocycles. The topological polar surface area (TPSA) is 48.4 Å².